The predicted molar refractivity (Wildman–Crippen MR) is 82.4 cm³/mol. The molecule has 0 spiro atoms. The molecule has 2 aromatic carbocycles. The van der Waals surface area contributed by atoms with Crippen LogP contribution in [-0.4, -0.2) is 20.1 Å². The highest BCUT2D eigenvalue weighted by Crippen LogP contribution is 2.17. The molecule has 5 heteroatoms. The summed E-state index contributed by atoms with van der Waals surface area (Å²) in [5.41, 5.74) is 2.34. The number of rotatable bonds is 6. The SMILES string of the molecule is Cc1ccc(CO)cc1S(=O)(=O)NCCc1ccccc1. The monoisotopic (exact) mass is 305 g/mol. The van der Waals surface area contributed by atoms with Gasteiger partial charge in [-0.1, -0.05) is 42.5 Å². The van der Waals surface area contributed by atoms with Gasteiger partial charge in [0.15, 0.2) is 0 Å². The van der Waals surface area contributed by atoms with Crippen molar-refractivity contribution in [1.82, 2.24) is 4.72 Å². The number of sulfonamides is 1. The van der Waals surface area contributed by atoms with Crippen LogP contribution in [0.2, 0.25) is 0 Å². The van der Waals surface area contributed by atoms with E-state index in [4.69, 9.17) is 5.11 Å². The van der Waals surface area contributed by atoms with Crippen molar-refractivity contribution in [2.45, 2.75) is 24.8 Å². The minimum absolute atomic E-state index is 0.174. The number of hydrogen-bond acceptors (Lipinski definition) is 3. The van der Waals surface area contributed by atoms with Crippen LogP contribution >= 0.6 is 0 Å². The van der Waals surface area contributed by atoms with Crippen molar-refractivity contribution in [2.75, 3.05) is 6.54 Å². The van der Waals surface area contributed by atoms with Crippen molar-refractivity contribution in [3.63, 3.8) is 0 Å². The topological polar surface area (TPSA) is 66.4 Å². The molecule has 0 heterocycles. The van der Waals surface area contributed by atoms with Gasteiger partial charge < -0.3 is 5.11 Å². The molecular formula is C16H19NO3S. The zero-order valence-electron chi connectivity index (χ0n) is 11.9. The van der Waals surface area contributed by atoms with Gasteiger partial charge in [-0.25, -0.2) is 13.1 Å². The lowest BCUT2D eigenvalue weighted by Crippen LogP contribution is -2.26. The molecule has 0 atom stereocenters. The maximum Gasteiger partial charge on any atom is 0.240 e. The lowest BCUT2D eigenvalue weighted by Gasteiger charge is -2.10. The summed E-state index contributed by atoms with van der Waals surface area (Å²) in [7, 11) is -3.55. The molecule has 0 aliphatic heterocycles. The first-order valence-electron chi connectivity index (χ1n) is 6.77. The average Bonchev–Trinajstić information content (AvgIpc) is 2.48. The molecule has 0 saturated heterocycles. The summed E-state index contributed by atoms with van der Waals surface area (Å²) in [6.45, 7) is 1.91. The Labute approximate surface area is 125 Å². The van der Waals surface area contributed by atoms with Crippen LogP contribution < -0.4 is 4.72 Å². The van der Waals surface area contributed by atoms with E-state index in [0.717, 1.165) is 5.56 Å². The smallest absolute Gasteiger partial charge is 0.240 e. The molecule has 2 aromatic rings. The first-order valence-corrected chi connectivity index (χ1v) is 8.25. The highest BCUT2D eigenvalue weighted by molar-refractivity contribution is 7.89. The number of benzene rings is 2. The number of hydrogen-bond donors (Lipinski definition) is 2. The van der Waals surface area contributed by atoms with Crippen molar-refractivity contribution in [1.29, 1.82) is 0 Å². The minimum Gasteiger partial charge on any atom is -0.392 e. The zero-order valence-corrected chi connectivity index (χ0v) is 12.7. The van der Waals surface area contributed by atoms with Gasteiger partial charge in [-0.2, -0.15) is 0 Å². The Hall–Kier alpha value is -1.69. The van der Waals surface area contributed by atoms with Gasteiger partial charge in [0.25, 0.3) is 0 Å². The Morgan fingerprint density at radius 2 is 1.76 bits per heavy atom. The fourth-order valence-corrected chi connectivity index (χ4v) is 3.41. The third-order valence-corrected chi connectivity index (χ3v) is 4.88. The van der Waals surface area contributed by atoms with E-state index >= 15 is 0 Å². The molecule has 0 saturated carbocycles. The fourth-order valence-electron chi connectivity index (χ4n) is 2.08. The quantitative estimate of drug-likeness (QED) is 0.858. The van der Waals surface area contributed by atoms with E-state index < -0.39 is 10.0 Å². The van der Waals surface area contributed by atoms with Gasteiger partial charge >= 0.3 is 0 Å². The van der Waals surface area contributed by atoms with E-state index in [0.29, 0.717) is 24.1 Å². The second-order valence-corrected chi connectivity index (χ2v) is 6.63. The standard InChI is InChI=1S/C16H19NO3S/c1-13-7-8-15(12-18)11-16(13)21(19,20)17-10-9-14-5-3-2-4-6-14/h2-8,11,17-18H,9-10,12H2,1H3. The number of aliphatic hydroxyl groups excluding tert-OH is 1. The Bertz CT molecular complexity index is 697. The lowest BCUT2D eigenvalue weighted by atomic mass is 10.2. The maximum atomic E-state index is 12.3. The molecular weight excluding hydrogens is 286 g/mol. The molecule has 0 unspecified atom stereocenters. The molecule has 112 valence electrons. The second kappa shape index (κ2) is 6.85. The van der Waals surface area contributed by atoms with E-state index in [1.54, 1.807) is 19.1 Å². The normalized spacial score (nSPS) is 11.5. The van der Waals surface area contributed by atoms with E-state index in [9.17, 15) is 8.42 Å². The third-order valence-electron chi connectivity index (χ3n) is 3.27. The zero-order chi connectivity index (χ0) is 15.3. The van der Waals surface area contributed by atoms with Gasteiger partial charge in [-0.05, 0) is 36.1 Å². The van der Waals surface area contributed by atoms with Crippen molar-refractivity contribution in [3.05, 3.63) is 65.2 Å². The second-order valence-electron chi connectivity index (χ2n) is 4.89. The first kappa shape index (κ1) is 15.7. The lowest BCUT2D eigenvalue weighted by molar-refractivity contribution is 0.281. The molecule has 21 heavy (non-hydrogen) atoms. The first-order chi connectivity index (χ1) is 10.0. The molecule has 0 bridgehead atoms. The summed E-state index contributed by atoms with van der Waals surface area (Å²) in [6.07, 6.45) is 0.638. The van der Waals surface area contributed by atoms with E-state index in [1.807, 2.05) is 30.3 Å². The summed E-state index contributed by atoms with van der Waals surface area (Å²) >= 11 is 0. The summed E-state index contributed by atoms with van der Waals surface area (Å²) < 4.78 is 27.2. The van der Waals surface area contributed by atoms with Crippen molar-refractivity contribution in [3.8, 4) is 0 Å². The van der Waals surface area contributed by atoms with Crippen molar-refractivity contribution < 1.29 is 13.5 Å². The van der Waals surface area contributed by atoms with E-state index in [1.165, 1.54) is 6.07 Å². The van der Waals surface area contributed by atoms with Crippen LogP contribution in [0.1, 0.15) is 16.7 Å². The van der Waals surface area contributed by atoms with Gasteiger partial charge in [0.1, 0.15) is 0 Å². The van der Waals surface area contributed by atoms with Gasteiger partial charge in [0.2, 0.25) is 10.0 Å². The Morgan fingerprint density at radius 3 is 2.43 bits per heavy atom. The van der Waals surface area contributed by atoms with Crippen molar-refractivity contribution >= 4 is 10.0 Å². The van der Waals surface area contributed by atoms with Crippen LogP contribution in [0.15, 0.2) is 53.4 Å². The molecule has 0 radical (unpaired) electrons. The molecule has 2 N–H and O–H groups in total. The molecule has 4 nitrogen and oxygen atoms in total. The minimum atomic E-state index is -3.55. The number of aliphatic hydroxyl groups is 1. The molecule has 0 fully saturated rings. The maximum absolute atomic E-state index is 12.3. The fraction of sp³-hybridized carbons (Fsp3) is 0.250. The molecule has 0 amide bonds. The largest absolute Gasteiger partial charge is 0.392 e. The summed E-state index contributed by atoms with van der Waals surface area (Å²) in [4.78, 5) is 0.224. The molecule has 2 rings (SSSR count). The van der Waals surface area contributed by atoms with Crippen LogP contribution in [0.25, 0.3) is 0 Å². The number of nitrogens with one attached hydrogen (secondary N) is 1. The van der Waals surface area contributed by atoms with Gasteiger partial charge in [0, 0.05) is 6.54 Å². The molecule has 0 aromatic heterocycles. The van der Waals surface area contributed by atoms with Gasteiger partial charge in [-0.3, -0.25) is 0 Å². The summed E-state index contributed by atoms with van der Waals surface area (Å²) in [5, 5.41) is 9.13. The highest BCUT2D eigenvalue weighted by atomic mass is 32.2. The van der Waals surface area contributed by atoms with Crippen LogP contribution in [0, 0.1) is 6.92 Å². The van der Waals surface area contributed by atoms with Crippen LogP contribution in [0.5, 0.6) is 0 Å². The Balaban J connectivity index is 2.08. The average molecular weight is 305 g/mol. The predicted octanol–water partition coefficient (Wildman–Crippen LogP) is 2.01. The highest BCUT2D eigenvalue weighted by Gasteiger charge is 2.16. The number of aryl methyl sites for hydroxylation is 1. The Kier molecular flexibility index (Phi) is 5.12. The van der Waals surface area contributed by atoms with Crippen molar-refractivity contribution in [2.24, 2.45) is 0 Å². The third kappa shape index (κ3) is 4.14. The molecule has 0 aliphatic rings. The summed E-state index contributed by atoms with van der Waals surface area (Å²) in [6, 6.07) is 14.7. The van der Waals surface area contributed by atoms with Gasteiger partial charge in [-0.15, -0.1) is 0 Å². The van der Waals surface area contributed by atoms with Crippen LogP contribution in [0.4, 0.5) is 0 Å². The molecule has 0 aliphatic carbocycles. The van der Waals surface area contributed by atoms with E-state index in [-0.39, 0.29) is 11.5 Å². The van der Waals surface area contributed by atoms with E-state index in [2.05, 4.69) is 4.72 Å². The van der Waals surface area contributed by atoms with Gasteiger partial charge in [0.05, 0.1) is 11.5 Å². The Morgan fingerprint density at radius 1 is 1.05 bits per heavy atom. The summed E-state index contributed by atoms with van der Waals surface area (Å²) in [5.74, 6) is 0. The van der Waals surface area contributed by atoms with Crippen LogP contribution in [-0.2, 0) is 23.1 Å². The van der Waals surface area contributed by atoms with Crippen LogP contribution in [0.3, 0.4) is 0 Å².